The predicted molar refractivity (Wildman–Crippen MR) is 66.6 cm³/mol. The summed E-state index contributed by atoms with van der Waals surface area (Å²) >= 11 is 0. The third kappa shape index (κ3) is 6.46. The predicted octanol–water partition coefficient (Wildman–Crippen LogP) is 2.62. The Morgan fingerprint density at radius 2 is 1.88 bits per heavy atom. The summed E-state index contributed by atoms with van der Waals surface area (Å²) in [6.07, 6.45) is 3.50. The Labute approximate surface area is 100 Å². The average molecular weight is 232 g/mol. The molecule has 0 radical (unpaired) electrons. The summed E-state index contributed by atoms with van der Waals surface area (Å²) < 4.78 is 11.1. The molecule has 1 atom stereocenters. The Kier molecular flexibility index (Phi) is 8.90. The van der Waals surface area contributed by atoms with E-state index in [0.29, 0.717) is 25.7 Å². The molecule has 0 saturated carbocycles. The first-order valence-corrected chi connectivity index (χ1v) is 6.39. The van der Waals surface area contributed by atoms with E-state index in [1.54, 1.807) is 0 Å². The van der Waals surface area contributed by atoms with Crippen molar-refractivity contribution in [2.45, 2.75) is 52.6 Å². The summed E-state index contributed by atoms with van der Waals surface area (Å²) in [5.41, 5.74) is -0.0431. The van der Waals surface area contributed by atoms with Gasteiger partial charge in [0.15, 0.2) is 0 Å². The van der Waals surface area contributed by atoms with Crippen LogP contribution < -0.4 is 0 Å². The summed E-state index contributed by atoms with van der Waals surface area (Å²) in [5, 5.41) is 8.56. The zero-order valence-corrected chi connectivity index (χ0v) is 11.3. The van der Waals surface area contributed by atoms with Gasteiger partial charge in [-0.15, -0.1) is 0 Å². The fraction of sp³-hybridized carbons (Fsp3) is 1.00. The number of ether oxygens (including phenoxy) is 2. The minimum atomic E-state index is -0.0431. The van der Waals surface area contributed by atoms with Crippen molar-refractivity contribution in [1.29, 1.82) is 0 Å². The van der Waals surface area contributed by atoms with Crippen molar-refractivity contribution >= 4 is 0 Å². The summed E-state index contributed by atoms with van der Waals surface area (Å²) in [5.74, 6) is 0.511. The average Bonchev–Trinajstić information content (AvgIpc) is 2.26. The van der Waals surface area contributed by atoms with Crippen LogP contribution >= 0.6 is 0 Å². The van der Waals surface area contributed by atoms with Gasteiger partial charge in [-0.3, -0.25) is 0 Å². The first-order chi connectivity index (χ1) is 7.56. The van der Waals surface area contributed by atoms with Crippen molar-refractivity contribution in [2.75, 3.05) is 26.4 Å². The van der Waals surface area contributed by atoms with E-state index in [0.717, 1.165) is 6.42 Å². The zero-order chi connectivity index (χ0) is 12.4. The van der Waals surface area contributed by atoms with Crippen molar-refractivity contribution < 1.29 is 14.6 Å². The van der Waals surface area contributed by atoms with Crippen LogP contribution in [0, 0.1) is 5.92 Å². The maximum absolute atomic E-state index is 8.56. The fourth-order valence-corrected chi connectivity index (χ4v) is 1.56. The van der Waals surface area contributed by atoms with Gasteiger partial charge in [0.05, 0.1) is 32.0 Å². The summed E-state index contributed by atoms with van der Waals surface area (Å²) in [4.78, 5) is 0. The highest BCUT2D eigenvalue weighted by Crippen LogP contribution is 2.27. The van der Waals surface area contributed by atoms with Crippen LogP contribution in [-0.4, -0.2) is 37.1 Å². The maximum Gasteiger partial charge on any atom is 0.0708 e. The van der Waals surface area contributed by atoms with Crippen molar-refractivity contribution in [3.05, 3.63) is 0 Å². The van der Waals surface area contributed by atoms with E-state index in [9.17, 15) is 0 Å². The molecular formula is C13H28O3. The van der Waals surface area contributed by atoms with Crippen molar-refractivity contribution in [3.63, 3.8) is 0 Å². The highest BCUT2D eigenvalue weighted by Gasteiger charge is 2.28. The van der Waals surface area contributed by atoms with Crippen LogP contribution in [0.3, 0.4) is 0 Å². The van der Waals surface area contributed by atoms with Crippen molar-refractivity contribution in [2.24, 2.45) is 5.92 Å². The summed E-state index contributed by atoms with van der Waals surface area (Å²) in [6, 6.07) is 0. The molecule has 1 N–H and O–H groups in total. The van der Waals surface area contributed by atoms with Gasteiger partial charge in [0.25, 0.3) is 0 Å². The van der Waals surface area contributed by atoms with Crippen molar-refractivity contribution in [1.82, 2.24) is 0 Å². The van der Waals surface area contributed by atoms with E-state index < -0.39 is 0 Å². The lowest BCUT2D eigenvalue weighted by molar-refractivity contribution is -0.0903. The molecule has 0 heterocycles. The summed E-state index contributed by atoms with van der Waals surface area (Å²) in [7, 11) is 0. The first kappa shape index (κ1) is 15.9. The fourth-order valence-electron chi connectivity index (χ4n) is 1.56. The summed E-state index contributed by atoms with van der Waals surface area (Å²) in [6.45, 7) is 10.4. The van der Waals surface area contributed by atoms with E-state index in [1.165, 1.54) is 12.8 Å². The van der Waals surface area contributed by atoms with Crippen molar-refractivity contribution in [3.8, 4) is 0 Å². The minimum absolute atomic E-state index is 0.0431. The SMILES string of the molecule is CCCCC(C)(OCCOCCO)C(C)C. The molecular weight excluding hydrogens is 204 g/mol. The van der Waals surface area contributed by atoms with Gasteiger partial charge in [-0.05, 0) is 19.3 Å². The Bertz CT molecular complexity index is 159. The lowest BCUT2D eigenvalue weighted by Crippen LogP contribution is -2.36. The molecule has 0 aliphatic heterocycles. The second-order valence-electron chi connectivity index (χ2n) is 4.76. The molecule has 0 aliphatic rings. The molecule has 16 heavy (non-hydrogen) atoms. The Hall–Kier alpha value is -0.120. The molecule has 0 spiro atoms. The van der Waals surface area contributed by atoms with Gasteiger partial charge < -0.3 is 14.6 Å². The van der Waals surface area contributed by atoms with Gasteiger partial charge in [-0.2, -0.15) is 0 Å². The van der Waals surface area contributed by atoms with E-state index in [-0.39, 0.29) is 12.2 Å². The molecule has 0 rings (SSSR count). The topological polar surface area (TPSA) is 38.7 Å². The molecule has 0 aromatic carbocycles. The molecule has 0 aromatic heterocycles. The number of aliphatic hydroxyl groups is 1. The van der Waals surface area contributed by atoms with Crippen LogP contribution in [0.15, 0.2) is 0 Å². The molecule has 98 valence electrons. The van der Waals surface area contributed by atoms with Gasteiger partial charge in [-0.25, -0.2) is 0 Å². The molecule has 0 bridgehead atoms. The molecule has 1 unspecified atom stereocenters. The molecule has 0 amide bonds. The third-order valence-electron chi connectivity index (χ3n) is 3.14. The Morgan fingerprint density at radius 3 is 2.38 bits per heavy atom. The number of unbranched alkanes of at least 4 members (excludes halogenated alkanes) is 1. The monoisotopic (exact) mass is 232 g/mol. The van der Waals surface area contributed by atoms with Crippen LogP contribution in [0.2, 0.25) is 0 Å². The van der Waals surface area contributed by atoms with Gasteiger partial charge in [0.1, 0.15) is 0 Å². The maximum atomic E-state index is 8.56. The number of hydrogen-bond donors (Lipinski definition) is 1. The second kappa shape index (κ2) is 8.97. The van der Waals surface area contributed by atoms with E-state index in [2.05, 4.69) is 27.7 Å². The number of rotatable bonds is 10. The lowest BCUT2D eigenvalue weighted by Gasteiger charge is -2.34. The van der Waals surface area contributed by atoms with Crippen LogP contribution in [0.1, 0.15) is 47.0 Å². The largest absolute Gasteiger partial charge is 0.394 e. The highest BCUT2D eigenvalue weighted by molar-refractivity contribution is 4.78. The molecule has 0 saturated heterocycles. The van der Waals surface area contributed by atoms with E-state index >= 15 is 0 Å². The lowest BCUT2D eigenvalue weighted by atomic mass is 9.87. The molecule has 3 heteroatoms. The van der Waals surface area contributed by atoms with Gasteiger partial charge in [-0.1, -0.05) is 33.6 Å². The molecule has 0 aliphatic carbocycles. The minimum Gasteiger partial charge on any atom is -0.394 e. The van der Waals surface area contributed by atoms with Gasteiger partial charge >= 0.3 is 0 Å². The van der Waals surface area contributed by atoms with E-state index in [1.807, 2.05) is 0 Å². The molecule has 0 fully saturated rings. The quantitative estimate of drug-likeness (QED) is 0.588. The number of aliphatic hydroxyl groups excluding tert-OH is 1. The Morgan fingerprint density at radius 1 is 1.19 bits per heavy atom. The van der Waals surface area contributed by atoms with Crippen LogP contribution in [0.4, 0.5) is 0 Å². The molecule has 0 aromatic rings. The first-order valence-electron chi connectivity index (χ1n) is 6.39. The third-order valence-corrected chi connectivity index (χ3v) is 3.14. The second-order valence-corrected chi connectivity index (χ2v) is 4.76. The van der Waals surface area contributed by atoms with Crippen LogP contribution in [-0.2, 0) is 9.47 Å². The standard InChI is InChI=1S/C13H28O3/c1-5-6-7-13(4,12(2)3)16-11-10-15-9-8-14/h12,14H,5-11H2,1-4H3. The Balaban J connectivity index is 3.83. The molecule has 3 nitrogen and oxygen atoms in total. The zero-order valence-electron chi connectivity index (χ0n) is 11.3. The normalized spacial score (nSPS) is 15.4. The van der Waals surface area contributed by atoms with Crippen LogP contribution in [0.25, 0.3) is 0 Å². The smallest absolute Gasteiger partial charge is 0.0708 e. The van der Waals surface area contributed by atoms with E-state index in [4.69, 9.17) is 14.6 Å². The van der Waals surface area contributed by atoms with Gasteiger partial charge in [0, 0.05) is 0 Å². The highest BCUT2D eigenvalue weighted by atomic mass is 16.5. The number of hydrogen-bond acceptors (Lipinski definition) is 3. The van der Waals surface area contributed by atoms with Crippen LogP contribution in [0.5, 0.6) is 0 Å². The van der Waals surface area contributed by atoms with Gasteiger partial charge in [0.2, 0.25) is 0 Å².